The van der Waals surface area contributed by atoms with Crippen molar-refractivity contribution in [2.45, 2.75) is 46.6 Å². The van der Waals surface area contributed by atoms with Gasteiger partial charge in [0.25, 0.3) is 0 Å². The summed E-state index contributed by atoms with van der Waals surface area (Å²) in [7, 11) is 2.08. The van der Waals surface area contributed by atoms with E-state index in [9.17, 15) is 0 Å². The molecule has 1 N–H and O–H groups in total. The van der Waals surface area contributed by atoms with Gasteiger partial charge >= 0.3 is 0 Å². The van der Waals surface area contributed by atoms with Crippen molar-refractivity contribution in [1.29, 1.82) is 0 Å². The minimum absolute atomic E-state index is 0.435. The number of aryl methyl sites for hydroxylation is 2. The van der Waals surface area contributed by atoms with Crippen LogP contribution in [0.15, 0.2) is 18.2 Å². The van der Waals surface area contributed by atoms with Gasteiger partial charge in [-0.05, 0) is 56.8 Å². The summed E-state index contributed by atoms with van der Waals surface area (Å²) in [6.07, 6.45) is 2.69. The Labute approximate surface area is 124 Å². The third-order valence-corrected chi connectivity index (χ3v) is 4.57. The van der Waals surface area contributed by atoms with Crippen LogP contribution >= 0.6 is 0 Å². The molecule has 1 aromatic carbocycles. The van der Waals surface area contributed by atoms with Crippen LogP contribution in [0.5, 0.6) is 0 Å². The normalized spacial score (nSPS) is 20.9. The highest BCUT2D eigenvalue weighted by atomic mass is 15.2. The molecule has 0 bridgehead atoms. The molecule has 20 heavy (non-hydrogen) atoms. The fraction of sp³-hybridized carbons (Fsp3) is 0.667. The van der Waals surface area contributed by atoms with Gasteiger partial charge in [-0.25, -0.2) is 0 Å². The van der Waals surface area contributed by atoms with Crippen LogP contribution in [0.1, 0.15) is 49.4 Å². The van der Waals surface area contributed by atoms with E-state index in [2.05, 4.69) is 63.2 Å². The number of hydrogen-bond acceptors (Lipinski definition) is 2. The number of piperidine rings is 1. The Morgan fingerprint density at radius 2 is 2.05 bits per heavy atom. The lowest BCUT2D eigenvalue weighted by molar-refractivity contribution is 0.108. The molecule has 0 aliphatic carbocycles. The third-order valence-electron chi connectivity index (χ3n) is 4.57. The van der Waals surface area contributed by atoms with Crippen LogP contribution in [0.2, 0.25) is 0 Å². The van der Waals surface area contributed by atoms with Crippen molar-refractivity contribution in [2.24, 2.45) is 5.41 Å². The van der Waals surface area contributed by atoms with Gasteiger partial charge in [-0.15, -0.1) is 0 Å². The lowest BCUT2D eigenvalue weighted by atomic mass is 9.84. The average Bonchev–Trinajstić information content (AvgIpc) is 2.35. The Morgan fingerprint density at radius 3 is 2.65 bits per heavy atom. The number of benzene rings is 1. The molecule has 2 heteroatoms. The number of nitrogens with zero attached hydrogens (tertiary/aromatic N) is 1. The first-order valence-corrected chi connectivity index (χ1v) is 7.88. The zero-order valence-electron chi connectivity index (χ0n) is 13.8. The topological polar surface area (TPSA) is 15.3 Å². The Hall–Kier alpha value is -0.860. The van der Waals surface area contributed by atoms with Crippen LogP contribution in [0.3, 0.4) is 0 Å². The summed E-state index contributed by atoms with van der Waals surface area (Å²) in [6.45, 7) is 12.8. The Morgan fingerprint density at radius 1 is 1.30 bits per heavy atom. The van der Waals surface area contributed by atoms with Gasteiger partial charge in [0.2, 0.25) is 0 Å². The molecule has 1 heterocycles. The molecule has 1 fully saturated rings. The predicted molar refractivity (Wildman–Crippen MR) is 87.2 cm³/mol. The summed E-state index contributed by atoms with van der Waals surface area (Å²) in [5, 5.41) is 3.51. The fourth-order valence-corrected chi connectivity index (χ4v) is 3.52. The summed E-state index contributed by atoms with van der Waals surface area (Å²) in [5.41, 5.74) is 4.67. The maximum Gasteiger partial charge on any atom is 0.0449 e. The number of likely N-dealkylation sites (tertiary alicyclic amines) is 1. The summed E-state index contributed by atoms with van der Waals surface area (Å²) >= 11 is 0. The van der Waals surface area contributed by atoms with Crippen molar-refractivity contribution in [1.82, 2.24) is 10.2 Å². The second-order valence-corrected chi connectivity index (χ2v) is 7.20. The van der Waals surface area contributed by atoms with E-state index in [0.29, 0.717) is 11.5 Å². The highest BCUT2D eigenvalue weighted by molar-refractivity contribution is 5.33. The molecule has 1 aliphatic rings. The van der Waals surface area contributed by atoms with E-state index < -0.39 is 0 Å². The van der Waals surface area contributed by atoms with E-state index in [0.717, 1.165) is 6.54 Å². The van der Waals surface area contributed by atoms with Gasteiger partial charge in [0, 0.05) is 19.1 Å². The van der Waals surface area contributed by atoms with Gasteiger partial charge in [0.15, 0.2) is 0 Å². The Bertz CT molecular complexity index is 451. The zero-order valence-corrected chi connectivity index (χ0v) is 13.8. The van der Waals surface area contributed by atoms with Crippen LogP contribution in [-0.4, -0.2) is 31.6 Å². The quantitative estimate of drug-likeness (QED) is 0.901. The molecule has 1 aliphatic heterocycles. The molecule has 112 valence electrons. The van der Waals surface area contributed by atoms with Gasteiger partial charge in [-0.1, -0.05) is 37.6 Å². The summed E-state index contributed by atoms with van der Waals surface area (Å²) in [4.78, 5) is 2.63. The molecule has 0 spiro atoms. The van der Waals surface area contributed by atoms with Gasteiger partial charge in [0.05, 0.1) is 0 Å². The molecule has 2 rings (SSSR count). The van der Waals surface area contributed by atoms with Crippen LogP contribution < -0.4 is 5.32 Å². The minimum Gasteiger partial charge on any atom is -0.312 e. The molecule has 1 unspecified atom stereocenters. The standard InChI is InChI=1S/C18H30N2/c1-14-7-8-16(15(2)11-14)17(19-5)12-20-10-6-9-18(3,4)13-20/h7-8,11,17,19H,6,9-10,12-13H2,1-5H3. The van der Waals surface area contributed by atoms with Gasteiger partial charge in [0.1, 0.15) is 0 Å². The maximum atomic E-state index is 3.51. The van der Waals surface area contributed by atoms with Crippen LogP contribution in [-0.2, 0) is 0 Å². The first kappa shape index (κ1) is 15.5. The molecule has 0 saturated carbocycles. The largest absolute Gasteiger partial charge is 0.312 e. The van der Waals surface area contributed by atoms with Gasteiger partial charge < -0.3 is 10.2 Å². The van der Waals surface area contributed by atoms with E-state index in [4.69, 9.17) is 0 Å². The number of nitrogens with one attached hydrogen (secondary N) is 1. The minimum atomic E-state index is 0.435. The van der Waals surface area contributed by atoms with Crippen molar-refractivity contribution >= 4 is 0 Å². The molecular weight excluding hydrogens is 244 g/mol. The SMILES string of the molecule is CNC(CN1CCCC(C)(C)C1)c1ccc(C)cc1C. The molecule has 1 aromatic rings. The molecule has 1 atom stereocenters. The highest BCUT2D eigenvalue weighted by Gasteiger charge is 2.27. The van der Waals surface area contributed by atoms with Crippen molar-refractivity contribution in [3.05, 3.63) is 34.9 Å². The van der Waals surface area contributed by atoms with Gasteiger partial charge in [-0.3, -0.25) is 0 Å². The predicted octanol–water partition coefficient (Wildman–Crippen LogP) is 3.69. The monoisotopic (exact) mass is 274 g/mol. The molecule has 0 amide bonds. The molecule has 0 aromatic heterocycles. The van der Waals surface area contributed by atoms with Crippen LogP contribution in [0, 0.1) is 19.3 Å². The number of likely N-dealkylation sites (N-methyl/N-ethyl adjacent to an activating group) is 1. The zero-order chi connectivity index (χ0) is 14.8. The highest BCUT2D eigenvalue weighted by Crippen LogP contribution is 2.30. The van der Waals surface area contributed by atoms with Crippen molar-refractivity contribution in [3.8, 4) is 0 Å². The molecular formula is C18H30N2. The Balaban J connectivity index is 2.09. The summed E-state index contributed by atoms with van der Waals surface area (Å²) < 4.78 is 0. The van der Waals surface area contributed by atoms with E-state index in [1.165, 1.54) is 42.6 Å². The van der Waals surface area contributed by atoms with E-state index in [1.54, 1.807) is 0 Å². The van der Waals surface area contributed by atoms with Crippen LogP contribution in [0.4, 0.5) is 0 Å². The lowest BCUT2D eigenvalue weighted by Crippen LogP contribution is -2.43. The lowest BCUT2D eigenvalue weighted by Gasteiger charge is -2.39. The molecule has 1 saturated heterocycles. The molecule has 0 radical (unpaired) electrons. The maximum absolute atomic E-state index is 3.51. The van der Waals surface area contributed by atoms with Crippen molar-refractivity contribution < 1.29 is 0 Å². The number of rotatable bonds is 4. The second-order valence-electron chi connectivity index (χ2n) is 7.20. The second kappa shape index (κ2) is 6.28. The summed E-state index contributed by atoms with van der Waals surface area (Å²) in [6, 6.07) is 7.25. The Kier molecular flexibility index (Phi) is 4.87. The van der Waals surface area contributed by atoms with E-state index in [-0.39, 0.29) is 0 Å². The molecule has 2 nitrogen and oxygen atoms in total. The van der Waals surface area contributed by atoms with Gasteiger partial charge in [-0.2, -0.15) is 0 Å². The third kappa shape index (κ3) is 3.83. The first-order chi connectivity index (χ1) is 9.41. The van der Waals surface area contributed by atoms with Crippen LogP contribution in [0.25, 0.3) is 0 Å². The van der Waals surface area contributed by atoms with Crippen molar-refractivity contribution in [3.63, 3.8) is 0 Å². The van der Waals surface area contributed by atoms with E-state index >= 15 is 0 Å². The fourth-order valence-electron chi connectivity index (χ4n) is 3.52. The average molecular weight is 274 g/mol. The smallest absolute Gasteiger partial charge is 0.0449 e. The first-order valence-electron chi connectivity index (χ1n) is 7.88. The van der Waals surface area contributed by atoms with E-state index in [1.807, 2.05) is 0 Å². The summed E-state index contributed by atoms with van der Waals surface area (Å²) in [5.74, 6) is 0. The van der Waals surface area contributed by atoms with Crippen molar-refractivity contribution in [2.75, 3.05) is 26.7 Å². The number of hydrogen-bond donors (Lipinski definition) is 1.